The van der Waals surface area contributed by atoms with Gasteiger partial charge in [0.2, 0.25) is 0 Å². The van der Waals surface area contributed by atoms with Gasteiger partial charge in [-0.15, -0.1) is 0 Å². The van der Waals surface area contributed by atoms with Gasteiger partial charge in [-0.2, -0.15) is 0 Å². The van der Waals surface area contributed by atoms with Gasteiger partial charge in [-0.05, 0) is 42.5 Å². The van der Waals surface area contributed by atoms with E-state index < -0.39 is 0 Å². The molecule has 0 amide bonds. The van der Waals surface area contributed by atoms with Gasteiger partial charge in [-0.3, -0.25) is 0 Å². The maximum Gasteiger partial charge on any atom is 0.123 e. The van der Waals surface area contributed by atoms with Gasteiger partial charge in [0.1, 0.15) is 12.4 Å². The Balaban J connectivity index is 1.82. The molecule has 3 heteroatoms. The highest BCUT2D eigenvalue weighted by Crippen LogP contribution is 2.34. The fourth-order valence-electron chi connectivity index (χ4n) is 2.76. The van der Waals surface area contributed by atoms with Crippen molar-refractivity contribution in [3.8, 4) is 5.75 Å². The monoisotopic (exact) mass is 287 g/mol. The predicted octanol–water partition coefficient (Wildman–Crippen LogP) is 4.26. The number of ether oxygens (including phenoxy) is 1. The second kappa shape index (κ2) is 5.86. The van der Waals surface area contributed by atoms with Crippen molar-refractivity contribution in [2.24, 2.45) is 5.73 Å². The van der Waals surface area contributed by atoms with Crippen molar-refractivity contribution in [2.75, 3.05) is 0 Å². The van der Waals surface area contributed by atoms with Gasteiger partial charge in [0, 0.05) is 16.6 Å². The Kier molecular flexibility index (Phi) is 3.95. The zero-order valence-corrected chi connectivity index (χ0v) is 12.1. The van der Waals surface area contributed by atoms with E-state index in [2.05, 4.69) is 6.07 Å². The van der Waals surface area contributed by atoms with Crippen molar-refractivity contribution in [2.45, 2.75) is 31.9 Å². The SMILES string of the molecule is NC1CCCc2c(OCc3ccccc3Cl)cccc21. The summed E-state index contributed by atoms with van der Waals surface area (Å²) in [5.74, 6) is 0.942. The van der Waals surface area contributed by atoms with Crippen molar-refractivity contribution in [1.82, 2.24) is 0 Å². The van der Waals surface area contributed by atoms with E-state index in [9.17, 15) is 0 Å². The van der Waals surface area contributed by atoms with Crippen LogP contribution in [0.15, 0.2) is 42.5 Å². The van der Waals surface area contributed by atoms with Crippen LogP contribution >= 0.6 is 11.6 Å². The van der Waals surface area contributed by atoms with E-state index in [-0.39, 0.29) is 6.04 Å². The Morgan fingerprint density at radius 1 is 1.15 bits per heavy atom. The molecule has 0 saturated heterocycles. The summed E-state index contributed by atoms with van der Waals surface area (Å²) in [5, 5.41) is 0.744. The number of nitrogens with two attached hydrogens (primary N) is 1. The fourth-order valence-corrected chi connectivity index (χ4v) is 2.95. The van der Waals surface area contributed by atoms with Crippen molar-refractivity contribution in [3.63, 3.8) is 0 Å². The van der Waals surface area contributed by atoms with Crippen LogP contribution in [0.25, 0.3) is 0 Å². The summed E-state index contributed by atoms with van der Waals surface area (Å²) in [4.78, 5) is 0. The third-order valence-electron chi connectivity index (χ3n) is 3.85. The molecule has 0 aliphatic heterocycles. The van der Waals surface area contributed by atoms with E-state index in [0.717, 1.165) is 35.6 Å². The van der Waals surface area contributed by atoms with Crippen molar-refractivity contribution >= 4 is 11.6 Å². The first-order chi connectivity index (χ1) is 9.75. The maximum absolute atomic E-state index is 6.17. The Bertz CT molecular complexity index is 612. The molecule has 3 rings (SSSR count). The zero-order chi connectivity index (χ0) is 13.9. The van der Waals surface area contributed by atoms with Gasteiger partial charge in [-0.25, -0.2) is 0 Å². The Labute approximate surface area is 124 Å². The van der Waals surface area contributed by atoms with Gasteiger partial charge in [0.05, 0.1) is 0 Å². The summed E-state index contributed by atoms with van der Waals surface area (Å²) < 4.78 is 5.98. The molecule has 0 heterocycles. The largest absolute Gasteiger partial charge is 0.489 e. The summed E-state index contributed by atoms with van der Waals surface area (Å²) in [6.45, 7) is 0.491. The molecular formula is C17H18ClNO. The quantitative estimate of drug-likeness (QED) is 0.916. The average Bonchev–Trinajstić information content (AvgIpc) is 2.47. The molecule has 0 bridgehead atoms. The number of benzene rings is 2. The number of rotatable bonds is 3. The predicted molar refractivity (Wildman–Crippen MR) is 82.1 cm³/mol. The van der Waals surface area contributed by atoms with Crippen molar-refractivity contribution < 1.29 is 4.74 Å². The molecule has 1 aliphatic rings. The molecule has 2 N–H and O–H groups in total. The zero-order valence-electron chi connectivity index (χ0n) is 11.3. The van der Waals surface area contributed by atoms with Crippen LogP contribution in [-0.2, 0) is 13.0 Å². The van der Waals surface area contributed by atoms with E-state index in [1.165, 1.54) is 11.1 Å². The summed E-state index contributed by atoms with van der Waals surface area (Å²) >= 11 is 6.16. The minimum absolute atomic E-state index is 0.141. The topological polar surface area (TPSA) is 35.2 Å². The number of hydrogen-bond acceptors (Lipinski definition) is 2. The molecule has 0 saturated carbocycles. The van der Waals surface area contributed by atoms with E-state index in [1.54, 1.807) is 0 Å². The van der Waals surface area contributed by atoms with Crippen molar-refractivity contribution in [3.05, 3.63) is 64.2 Å². The van der Waals surface area contributed by atoms with Crippen LogP contribution in [0.4, 0.5) is 0 Å². The smallest absolute Gasteiger partial charge is 0.123 e. The van der Waals surface area contributed by atoms with Crippen LogP contribution in [0.1, 0.15) is 35.6 Å². The summed E-state index contributed by atoms with van der Waals surface area (Å²) in [5.41, 5.74) is 9.67. The molecule has 2 aromatic carbocycles. The summed E-state index contributed by atoms with van der Waals surface area (Å²) in [7, 11) is 0. The van der Waals surface area contributed by atoms with E-state index in [4.69, 9.17) is 22.1 Å². The van der Waals surface area contributed by atoms with Gasteiger partial charge < -0.3 is 10.5 Å². The van der Waals surface area contributed by atoms with E-state index >= 15 is 0 Å². The first-order valence-corrected chi connectivity index (χ1v) is 7.37. The minimum atomic E-state index is 0.141. The summed E-state index contributed by atoms with van der Waals surface area (Å²) in [6, 6.07) is 14.1. The molecule has 2 aromatic rings. The van der Waals surface area contributed by atoms with Gasteiger partial charge >= 0.3 is 0 Å². The van der Waals surface area contributed by atoms with Crippen LogP contribution in [0.2, 0.25) is 5.02 Å². The van der Waals surface area contributed by atoms with Gasteiger partial charge in [0.25, 0.3) is 0 Å². The molecule has 0 fully saturated rings. The molecule has 1 atom stereocenters. The van der Waals surface area contributed by atoms with Crippen LogP contribution in [-0.4, -0.2) is 0 Å². The van der Waals surface area contributed by atoms with Crippen molar-refractivity contribution in [1.29, 1.82) is 0 Å². The van der Waals surface area contributed by atoms with Crippen LogP contribution in [0.5, 0.6) is 5.75 Å². The molecule has 1 unspecified atom stereocenters. The number of fused-ring (bicyclic) bond motifs is 1. The molecular weight excluding hydrogens is 270 g/mol. The lowest BCUT2D eigenvalue weighted by Gasteiger charge is -2.24. The second-order valence-electron chi connectivity index (χ2n) is 5.20. The van der Waals surface area contributed by atoms with E-state index in [1.807, 2.05) is 36.4 Å². The molecule has 0 spiro atoms. The Morgan fingerprint density at radius 2 is 2.00 bits per heavy atom. The third-order valence-corrected chi connectivity index (χ3v) is 4.22. The lowest BCUT2D eigenvalue weighted by Crippen LogP contribution is -2.18. The number of halogens is 1. The highest BCUT2D eigenvalue weighted by molar-refractivity contribution is 6.31. The maximum atomic E-state index is 6.17. The molecule has 20 heavy (non-hydrogen) atoms. The highest BCUT2D eigenvalue weighted by atomic mass is 35.5. The normalized spacial score (nSPS) is 17.6. The Hall–Kier alpha value is -1.51. The lowest BCUT2D eigenvalue weighted by molar-refractivity contribution is 0.300. The molecule has 1 aliphatic carbocycles. The van der Waals surface area contributed by atoms with E-state index in [0.29, 0.717) is 6.61 Å². The molecule has 2 nitrogen and oxygen atoms in total. The number of hydrogen-bond donors (Lipinski definition) is 1. The second-order valence-corrected chi connectivity index (χ2v) is 5.61. The van der Waals surface area contributed by atoms with Crippen LogP contribution < -0.4 is 10.5 Å². The Morgan fingerprint density at radius 3 is 2.85 bits per heavy atom. The lowest BCUT2D eigenvalue weighted by atomic mass is 9.87. The minimum Gasteiger partial charge on any atom is -0.489 e. The first kappa shape index (κ1) is 13.5. The molecule has 0 radical (unpaired) electrons. The third kappa shape index (κ3) is 2.67. The molecule has 104 valence electrons. The standard InChI is InChI=1S/C17H18ClNO/c18-15-8-2-1-5-12(15)11-20-17-10-4-6-13-14(17)7-3-9-16(13)19/h1-2,4-6,8,10,16H,3,7,9,11,19H2. The van der Waals surface area contributed by atoms with Gasteiger partial charge in [-0.1, -0.05) is 41.9 Å². The van der Waals surface area contributed by atoms with Crippen LogP contribution in [0.3, 0.4) is 0 Å². The molecule has 0 aromatic heterocycles. The van der Waals surface area contributed by atoms with Crippen LogP contribution in [0, 0.1) is 0 Å². The summed E-state index contributed by atoms with van der Waals surface area (Å²) in [6.07, 6.45) is 3.23. The highest BCUT2D eigenvalue weighted by Gasteiger charge is 2.19. The fraction of sp³-hybridized carbons (Fsp3) is 0.294. The first-order valence-electron chi connectivity index (χ1n) is 6.99. The average molecular weight is 288 g/mol. The van der Waals surface area contributed by atoms with Gasteiger partial charge in [0.15, 0.2) is 0 Å².